The number of phenolic OH excluding ortho intramolecular Hbond substituents is 1. The van der Waals surface area contributed by atoms with Crippen molar-refractivity contribution in [3.05, 3.63) is 65.7 Å². The molecule has 0 bridgehead atoms. The molecule has 1 heterocycles. The number of guanidine groups is 2. The number of likely N-dealkylation sites (tertiary alicyclic amines) is 1. The maximum atomic E-state index is 14.4. The van der Waals surface area contributed by atoms with Crippen molar-refractivity contribution < 1.29 is 112 Å². The molecule has 48 heteroatoms. The van der Waals surface area contributed by atoms with Gasteiger partial charge < -0.3 is 138 Å². The van der Waals surface area contributed by atoms with Crippen molar-refractivity contribution in [3.8, 4) is 5.75 Å². The Morgan fingerprint density at radius 1 is 0.464 bits per heavy atom. The van der Waals surface area contributed by atoms with Gasteiger partial charge in [-0.15, -0.1) is 0 Å². The fourth-order valence-corrected chi connectivity index (χ4v) is 13.1. The molecule has 1 aliphatic rings. The topological polar surface area (TPSA) is 756 Å². The molecule has 16 amide bonds. The molecule has 46 nitrogen and oxygen atoms in total. The van der Waals surface area contributed by atoms with E-state index in [0.29, 0.717) is 17.5 Å². The summed E-state index contributed by atoms with van der Waals surface area (Å²) in [6, 6.07) is -7.96. The van der Waals surface area contributed by atoms with Crippen LogP contribution in [0.2, 0.25) is 0 Å². The van der Waals surface area contributed by atoms with Gasteiger partial charge in [0.05, 0.1) is 32.3 Å². The van der Waals surface area contributed by atoms with Crippen LogP contribution in [0, 0.1) is 28.6 Å². The Hall–Kier alpha value is -12.2. The van der Waals surface area contributed by atoms with Crippen LogP contribution in [0.3, 0.4) is 0 Å². The Kier molecular flexibility index (Phi) is 46.6. The Balaban J connectivity index is 1.75. The minimum Gasteiger partial charge on any atom is -0.508 e. The second-order valence-corrected chi connectivity index (χ2v) is 31.2. The largest absolute Gasteiger partial charge is 0.508 e. The minimum atomic E-state index is -1.93. The van der Waals surface area contributed by atoms with E-state index in [0.717, 1.165) is 0 Å². The van der Waals surface area contributed by atoms with Crippen molar-refractivity contribution in [1.82, 2.24) is 90.0 Å². The van der Waals surface area contributed by atoms with Crippen LogP contribution in [-0.2, 0) is 99.1 Å². The zero-order valence-corrected chi connectivity index (χ0v) is 72.3. The van der Waals surface area contributed by atoms with Gasteiger partial charge in [-0.05, 0) is 92.9 Å². The lowest BCUT2D eigenvalue weighted by Gasteiger charge is -2.34. The molecule has 125 heavy (non-hydrogen) atoms. The first-order valence-corrected chi connectivity index (χ1v) is 41.6. The number of carbonyl (C=O) groups excluding carboxylic acids is 16. The number of hydrogen-bond donors (Lipinski definition) is 29. The number of carbonyl (C=O) groups is 18. The van der Waals surface area contributed by atoms with Crippen LogP contribution in [0.5, 0.6) is 5.75 Å². The summed E-state index contributed by atoms with van der Waals surface area (Å²) in [5.41, 5.74) is 23.5. The van der Waals surface area contributed by atoms with Gasteiger partial charge in [-0.3, -0.25) is 92.3 Å². The molecular weight excluding hydrogens is 1680 g/mol. The first-order chi connectivity index (χ1) is 58.9. The number of nitrogens with two attached hydrogens (primary N) is 4. The van der Waals surface area contributed by atoms with E-state index in [1.54, 1.807) is 65.0 Å². The number of carboxylic acids is 2. The van der Waals surface area contributed by atoms with Gasteiger partial charge in [0.1, 0.15) is 84.3 Å². The number of carboxylic acid groups (broad SMARTS) is 2. The van der Waals surface area contributed by atoms with E-state index in [9.17, 15) is 112 Å². The zero-order valence-electron chi connectivity index (χ0n) is 70.5. The van der Waals surface area contributed by atoms with Crippen LogP contribution in [0.25, 0.3) is 0 Å². The fraction of sp³-hybridized carbons (Fsp3) is 0.584. The van der Waals surface area contributed by atoms with E-state index >= 15 is 0 Å². The standard InChI is InChI=1S/C77H121N23O23S2/c1-8-39(6)61(99-70(117)54(17-13-27-85-77(82)83)100-40(7)28-44(78)74(100)121)73(120)98-60(38(4)5)72(119)92-47(22-24-55(79)104)65(112)96-53(36-125)69(116)90-45(16-12-26-84-76(80)81)64(111)94-51(34-102)68(115)97-59(37(2)3)71(118)91-46(23-25-58(107)108)62(109)86-32-57(106)89-50(33-101)67(114)95-52(35-124)63(110)87-31-56(105)88-48(29-41-14-10-9-11-15-41)66(113)93-49(75(122)123)30-42-18-20-43(103)21-19-42/h9-11,14-15,18-21,37-40,44-54,59-61,101-103,124-125H,8,12-13,16-17,22-36,78H2,1-7H3,(H2,79,104)(H,86,109)(H,87,110)(H,88,105)(H,89,106)(H,90,116)(H,91,118)(H,92,119)(H,93,113)(H,94,111)(H,95,114)(H,96,112)(H,97,115)(H,98,120)(H,99,117)(H,107,108)(H,122,123)(H4,80,81,84)(H4,82,83,85)/t39-,40?,44-,45-,46-,47-,48?,49-,50?,51-,52-,53-,54-,59-,60-,61-/m0/s1. The maximum Gasteiger partial charge on any atom is 0.326 e. The number of amides is 16. The average molecular weight is 1800 g/mol. The molecule has 0 aliphatic carbocycles. The molecule has 0 radical (unpaired) electrons. The van der Waals surface area contributed by atoms with Crippen LogP contribution in [0.4, 0.5) is 0 Å². The van der Waals surface area contributed by atoms with Crippen LogP contribution < -0.4 is 108 Å². The number of nitrogens with one attached hydrogen (secondary N) is 18. The molecule has 1 fully saturated rings. The lowest BCUT2D eigenvalue weighted by Crippen LogP contribution is -2.62. The highest BCUT2D eigenvalue weighted by molar-refractivity contribution is 7.80. The Morgan fingerprint density at radius 3 is 1.32 bits per heavy atom. The number of thiol groups is 2. The molecule has 31 N–H and O–H groups in total. The molecule has 2 aromatic rings. The number of primary amides is 1. The molecular formula is C77H121N23O23S2. The van der Waals surface area contributed by atoms with E-state index < -0.39 is 284 Å². The van der Waals surface area contributed by atoms with Gasteiger partial charge in [0.15, 0.2) is 11.9 Å². The summed E-state index contributed by atoms with van der Waals surface area (Å²) in [7, 11) is 0. The Bertz CT molecular complexity index is 4080. The van der Waals surface area contributed by atoms with Crippen molar-refractivity contribution in [3.63, 3.8) is 0 Å². The van der Waals surface area contributed by atoms with Crippen molar-refractivity contribution in [2.24, 2.45) is 40.7 Å². The van der Waals surface area contributed by atoms with E-state index in [2.05, 4.69) is 110 Å². The second-order valence-electron chi connectivity index (χ2n) is 30.4. The summed E-state index contributed by atoms with van der Waals surface area (Å²) < 4.78 is 0. The van der Waals surface area contributed by atoms with Crippen molar-refractivity contribution in [2.75, 3.05) is 50.9 Å². The number of nitrogens with zero attached hydrogens (tertiary/aromatic N) is 1. The minimum absolute atomic E-state index is 0.0394. The van der Waals surface area contributed by atoms with Crippen LogP contribution in [0.15, 0.2) is 54.6 Å². The summed E-state index contributed by atoms with van der Waals surface area (Å²) in [6.07, 6.45) is -2.17. The van der Waals surface area contributed by atoms with E-state index in [4.69, 9.17) is 33.8 Å². The van der Waals surface area contributed by atoms with Gasteiger partial charge in [0.25, 0.3) is 0 Å². The number of hydrogen-bond acceptors (Lipinski definition) is 26. The number of benzene rings is 2. The van der Waals surface area contributed by atoms with Crippen molar-refractivity contribution >= 4 is 144 Å². The number of aliphatic carboxylic acids is 2. The third kappa shape index (κ3) is 37.4. The molecule has 3 unspecified atom stereocenters. The predicted molar refractivity (Wildman–Crippen MR) is 456 cm³/mol. The highest BCUT2D eigenvalue weighted by atomic mass is 32.1. The first-order valence-electron chi connectivity index (χ1n) is 40.3. The number of rotatable bonds is 56. The molecule has 1 aliphatic heterocycles. The number of aromatic hydroxyl groups is 1. The molecule has 694 valence electrons. The van der Waals surface area contributed by atoms with Crippen LogP contribution in [0.1, 0.15) is 124 Å². The lowest BCUT2D eigenvalue weighted by molar-refractivity contribution is -0.142. The normalized spacial score (nSPS) is 16.3. The first kappa shape index (κ1) is 107. The molecule has 2 aromatic carbocycles. The van der Waals surface area contributed by atoms with Gasteiger partial charge in [-0.25, -0.2) is 4.79 Å². The number of aliphatic hydroxyl groups is 2. The third-order valence-corrected chi connectivity index (χ3v) is 20.5. The Labute approximate surface area is 732 Å². The summed E-state index contributed by atoms with van der Waals surface area (Å²) in [5, 5.41) is 104. The van der Waals surface area contributed by atoms with Gasteiger partial charge in [-0.1, -0.05) is 90.4 Å². The SMILES string of the molecule is CC[C@H](C)[C@H](NC(=O)[C@H](CCCNC(=N)N)N1C(=O)[C@@H](N)CC1C)C(=O)N[C@H](C(=O)N[C@@H](CCC(N)=O)C(=O)N[C@@H](CS)C(=O)N[C@@H](CCCNC(=N)N)C(=O)N[C@@H](CO)C(=O)N[C@H](C(=O)N[C@@H](CCC(=O)O)C(=O)NCC(=O)NC(CO)C(=O)N[C@@H](CS)C(=O)NCC(=O)NC(Cc1ccccc1)C(=O)N[C@@H](Cc1ccc(O)cc1)C(=O)O)C(C)C)C(C)C. The average Bonchev–Trinajstić information content (AvgIpc) is 1.66. The summed E-state index contributed by atoms with van der Waals surface area (Å²) in [5.74, 6) is -22.9. The van der Waals surface area contributed by atoms with Gasteiger partial charge >= 0.3 is 11.9 Å². The molecule has 16 atom stereocenters. The summed E-state index contributed by atoms with van der Waals surface area (Å²) in [6.45, 7) is 7.10. The third-order valence-electron chi connectivity index (χ3n) is 19.8. The fourth-order valence-electron chi connectivity index (χ4n) is 12.6. The van der Waals surface area contributed by atoms with E-state index in [1.165, 1.54) is 43.0 Å². The number of aliphatic hydroxyl groups excluding tert-OH is 2. The summed E-state index contributed by atoms with van der Waals surface area (Å²) in [4.78, 5) is 245. The van der Waals surface area contributed by atoms with E-state index in [-0.39, 0.29) is 69.7 Å². The summed E-state index contributed by atoms with van der Waals surface area (Å²) >= 11 is 8.34. The predicted octanol–water partition coefficient (Wildman–Crippen LogP) is -8.51. The zero-order chi connectivity index (χ0) is 94.1. The lowest BCUT2D eigenvalue weighted by atomic mass is 9.95. The highest BCUT2D eigenvalue weighted by Gasteiger charge is 2.44. The molecule has 0 aromatic heterocycles. The maximum absolute atomic E-state index is 14.4. The molecule has 3 rings (SSSR count). The monoisotopic (exact) mass is 1800 g/mol. The Morgan fingerprint density at radius 2 is 0.848 bits per heavy atom. The quantitative estimate of drug-likeness (QED) is 0.0127. The molecule has 0 saturated carbocycles. The smallest absolute Gasteiger partial charge is 0.326 e. The van der Waals surface area contributed by atoms with Crippen molar-refractivity contribution in [2.45, 2.75) is 216 Å². The van der Waals surface area contributed by atoms with Gasteiger partial charge in [-0.2, -0.15) is 25.3 Å². The van der Waals surface area contributed by atoms with Crippen LogP contribution in [-0.4, -0.2) is 290 Å². The van der Waals surface area contributed by atoms with Crippen molar-refractivity contribution in [1.29, 1.82) is 10.8 Å². The van der Waals surface area contributed by atoms with Crippen LogP contribution >= 0.6 is 25.3 Å². The second kappa shape index (κ2) is 54.4. The van der Waals surface area contributed by atoms with Gasteiger partial charge in [0.2, 0.25) is 94.5 Å². The molecule has 1 saturated heterocycles. The van der Waals surface area contributed by atoms with E-state index in [1.807, 2.05) is 0 Å². The molecule has 0 spiro atoms. The number of phenols is 1. The highest BCUT2D eigenvalue weighted by Crippen LogP contribution is 2.25. The van der Waals surface area contributed by atoms with Gasteiger partial charge in [0, 0.05) is 56.3 Å².